The maximum atomic E-state index is 10.4. The SMILES string of the molecule is CCCCCCCCCC=Cc1ccc([C]=O)cc1. The lowest BCUT2D eigenvalue weighted by molar-refractivity contribution is 0.563. The van der Waals surface area contributed by atoms with Crippen molar-refractivity contribution in [2.45, 2.75) is 58.3 Å². The Morgan fingerprint density at radius 3 is 2.21 bits per heavy atom. The molecule has 1 nitrogen and oxygen atoms in total. The first kappa shape index (κ1) is 15.7. The largest absolute Gasteiger partial charge is 0.285 e. The minimum atomic E-state index is 0.615. The van der Waals surface area contributed by atoms with Crippen molar-refractivity contribution in [2.75, 3.05) is 0 Å². The highest BCUT2D eigenvalue weighted by Crippen LogP contribution is 2.10. The quantitative estimate of drug-likeness (QED) is 0.520. The van der Waals surface area contributed by atoms with Crippen LogP contribution in [0.25, 0.3) is 6.08 Å². The lowest BCUT2D eigenvalue weighted by atomic mass is 10.1. The third-order valence-corrected chi connectivity index (χ3v) is 3.31. The normalized spacial score (nSPS) is 11.0. The second-order valence-electron chi connectivity index (χ2n) is 5.04. The summed E-state index contributed by atoms with van der Waals surface area (Å²) in [6, 6.07) is 7.53. The van der Waals surface area contributed by atoms with E-state index < -0.39 is 0 Å². The average molecular weight is 257 g/mol. The van der Waals surface area contributed by atoms with E-state index in [1.807, 2.05) is 18.4 Å². The van der Waals surface area contributed by atoms with Gasteiger partial charge in [0.2, 0.25) is 6.29 Å². The van der Waals surface area contributed by atoms with Crippen LogP contribution >= 0.6 is 0 Å². The molecule has 103 valence electrons. The molecule has 0 unspecified atom stereocenters. The van der Waals surface area contributed by atoms with Crippen molar-refractivity contribution in [3.63, 3.8) is 0 Å². The molecule has 0 aliphatic carbocycles. The topological polar surface area (TPSA) is 17.1 Å². The number of carbonyl (C=O) groups excluding carboxylic acids is 1. The number of rotatable bonds is 10. The second kappa shape index (κ2) is 10.5. The second-order valence-corrected chi connectivity index (χ2v) is 5.04. The molecule has 0 aliphatic heterocycles. The molecule has 0 saturated carbocycles. The maximum Gasteiger partial charge on any atom is 0.233 e. The molecule has 19 heavy (non-hydrogen) atoms. The molecule has 0 saturated heterocycles. The number of allylic oxidation sites excluding steroid dienone is 1. The predicted octanol–water partition coefficient (Wildman–Crippen LogP) is 5.30. The Morgan fingerprint density at radius 2 is 1.58 bits per heavy atom. The van der Waals surface area contributed by atoms with Crippen LogP contribution in [0.5, 0.6) is 0 Å². The Bertz CT molecular complexity index is 362. The van der Waals surface area contributed by atoms with Gasteiger partial charge in [0.1, 0.15) is 0 Å². The standard InChI is InChI=1S/C18H25O/c1-2-3-4-5-6-7-8-9-10-11-17-12-14-18(16-19)15-13-17/h10-15H,2-9H2,1H3. The van der Waals surface area contributed by atoms with Gasteiger partial charge in [-0.25, -0.2) is 0 Å². The van der Waals surface area contributed by atoms with Crippen LogP contribution in [0.2, 0.25) is 0 Å². The van der Waals surface area contributed by atoms with Crippen molar-refractivity contribution in [3.05, 3.63) is 41.5 Å². The van der Waals surface area contributed by atoms with Gasteiger partial charge in [-0.15, -0.1) is 0 Å². The summed E-state index contributed by atoms with van der Waals surface area (Å²) < 4.78 is 0. The summed E-state index contributed by atoms with van der Waals surface area (Å²) in [5, 5.41) is 0. The van der Waals surface area contributed by atoms with Crippen LogP contribution in [0.1, 0.15) is 69.4 Å². The lowest BCUT2D eigenvalue weighted by Crippen LogP contribution is -1.80. The molecular weight excluding hydrogens is 232 g/mol. The molecule has 0 bridgehead atoms. The molecule has 1 rings (SSSR count). The highest BCUT2D eigenvalue weighted by molar-refractivity contribution is 5.75. The number of benzene rings is 1. The zero-order chi connectivity index (χ0) is 13.8. The van der Waals surface area contributed by atoms with Gasteiger partial charge >= 0.3 is 0 Å². The molecule has 1 aromatic rings. The summed E-state index contributed by atoms with van der Waals surface area (Å²) in [4.78, 5) is 10.4. The first-order valence-electron chi connectivity index (χ1n) is 7.51. The molecule has 1 radical (unpaired) electrons. The van der Waals surface area contributed by atoms with E-state index in [9.17, 15) is 4.79 Å². The van der Waals surface area contributed by atoms with Gasteiger partial charge in [-0.3, -0.25) is 4.79 Å². The van der Waals surface area contributed by atoms with E-state index in [0.29, 0.717) is 5.56 Å². The fourth-order valence-electron chi connectivity index (χ4n) is 2.10. The van der Waals surface area contributed by atoms with Crippen LogP contribution in [0.3, 0.4) is 0 Å². The minimum absolute atomic E-state index is 0.615. The van der Waals surface area contributed by atoms with Crippen LogP contribution in [0.15, 0.2) is 30.3 Å². The fourth-order valence-corrected chi connectivity index (χ4v) is 2.10. The highest BCUT2D eigenvalue weighted by Gasteiger charge is 1.91. The van der Waals surface area contributed by atoms with Gasteiger partial charge in [-0.2, -0.15) is 0 Å². The number of unbranched alkanes of at least 4 members (excludes halogenated alkanes) is 7. The van der Waals surface area contributed by atoms with Crippen LogP contribution < -0.4 is 0 Å². The predicted molar refractivity (Wildman–Crippen MR) is 82.9 cm³/mol. The number of hydrogen-bond donors (Lipinski definition) is 0. The van der Waals surface area contributed by atoms with Crippen molar-refractivity contribution < 1.29 is 4.79 Å². The smallest absolute Gasteiger partial charge is 0.233 e. The summed E-state index contributed by atoms with van der Waals surface area (Å²) in [6.07, 6.45) is 16.9. The van der Waals surface area contributed by atoms with Crippen molar-refractivity contribution in [1.82, 2.24) is 0 Å². The van der Waals surface area contributed by atoms with Crippen molar-refractivity contribution in [3.8, 4) is 0 Å². The summed E-state index contributed by atoms with van der Waals surface area (Å²) in [5.74, 6) is 0. The maximum absolute atomic E-state index is 10.4. The first-order valence-corrected chi connectivity index (χ1v) is 7.51. The van der Waals surface area contributed by atoms with Crippen molar-refractivity contribution in [2.24, 2.45) is 0 Å². The van der Waals surface area contributed by atoms with Crippen molar-refractivity contribution in [1.29, 1.82) is 0 Å². The van der Waals surface area contributed by atoms with E-state index in [1.54, 1.807) is 12.1 Å². The zero-order valence-corrected chi connectivity index (χ0v) is 12.0. The van der Waals surface area contributed by atoms with Gasteiger partial charge in [0.05, 0.1) is 0 Å². The van der Waals surface area contributed by atoms with Gasteiger partial charge in [0, 0.05) is 5.56 Å². The van der Waals surface area contributed by atoms with Gasteiger partial charge in [-0.05, 0) is 18.4 Å². The summed E-state index contributed by atoms with van der Waals surface area (Å²) in [6.45, 7) is 2.25. The highest BCUT2D eigenvalue weighted by atomic mass is 16.1. The van der Waals surface area contributed by atoms with Gasteiger partial charge in [-0.1, -0.05) is 81.9 Å². The Hall–Kier alpha value is -1.37. The Kier molecular flexibility index (Phi) is 8.70. The van der Waals surface area contributed by atoms with Gasteiger partial charge in [0.15, 0.2) is 0 Å². The fraction of sp³-hybridized carbons (Fsp3) is 0.500. The van der Waals surface area contributed by atoms with Gasteiger partial charge < -0.3 is 0 Å². The average Bonchev–Trinajstić information content (AvgIpc) is 2.46. The molecule has 0 atom stereocenters. The van der Waals surface area contributed by atoms with Crippen LogP contribution in [0.4, 0.5) is 0 Å². The van der Waals surface area contributed by atoms with Crippen LogP contribution in [0, 0.1) is 0 Å². The third kappa shape index (κ3) is 7.61. The summed E-state index contributed by atoms with van der Waals surface area (Å²) in [7, 11) is 0. The lowest BCUT2D eigenvalue weighted by Gasteiger charge is -1.99. The van der Waals surface area contributed by atoms with Crippen LogP contribution in [-0.4, -0.2) is 6.29 Å². The zero-order valence-electron chi connectivity index (χ0n) is 12.0. The molecule has 0 fully saturated rings. The molecule has 0 spiro atoms. The molecule has 1 heteroatoms. The Labute approximate surface area is 117 Å². The molecule has 0 heterocycles. The minimum Gasteiger partial charge on any atom is -0.285 e. The molecular formula is C18H25O. The third-order valence-electron chi connectivity index (χ3n) is 3.31. The Balaban J connectivity index is 2.07. The monoisotopic (exact) mass is 257 g/mol. The molecule has 0 amide bonds. The summed E-state index contributed by atoms with van der Waals surface area (Å²) in [5.41, 5.74) is 1.77. The van der Waals surface area contributed by atoms with Gasteiger partial charge in [0.25, 0.3) is 0 Å². The van der Waals surface area contributed by atoms with E-state index in [0.717, 1.165) is 12.0 Å². The summed E-state index contributed by atoms with van der Waals surface area (Å²) >= 11 is 0. The van der Waals surface area contributed by atoms with E-state index in [4.69, 9.17) is 0 Å². The van der Waals surface area contributed by atoms with Crippen LogP contribution in [-0.2, 0) is 4.79 Å². The van der Waals surface area contributed by atoms with E-state index in [2.05, 4.69) is 19.1 Å². The molecule has 0 aliphatic rings. The van der Waals surface area contributed by atoms with E-state index in [1.165, 1.54) is 44.9 Å². The Morgan fingerprint density at radius 1 is 0.947 bits per heavy atom. The van der Waals surface area contributed by atoms with E-state index in [-0.39, 0.29) is 0 Å². The number of hydrogen-bond acceptors (Lipinski definition) is 1. The molecule has 1 aromatic carbocycles. The van der Waals surface area contributed by atoms with E-state index >= 15 is 0 Å². The molecule has 0 N–H and O–H groups in total. The molecule has 0 aromatic heterocycles. The van der Waals surface area contributed by atoms with Crippen molar-refractivity contribution >= 4 is 12.4 Å². The first-order chi connectivity index (χ1) is 9.36.